The Labute approximate surface area is 321 Å². The van der Waals surface area contributed by atoms with E-state index in [9.17, 15) is 15.0 Å². The van der Waals surface area contributed by atoms with Gasteiger partial charge in [0.15, 0.2) is 0 Å². The molecule has 0 aliphatic carbocycles. The van der Waals surface area contributed by atoms with Crippen molar-refractivity contribution >= 4 is 5.91 Å². The molecule has 0 aromatic carbocycles. The Kier molecular flexibility index (Phi) is 43.3. The van der Waals surface area contributed by atoms with Gasteiger partial charge in [0.2, 0.25) is 5.91 Å². The number of nitrogens with one attached hydrogen (secondary N) is 1. The Morgan fingerprint density at radius 1 is 0.392 bits per heavy atom. The van der Waals surface area contributed by atoms with Gasteiger partial charge >= 0.3 is 0 Å². The van der Waals surface area contributed by atoms with E-state index in [1.807, 2.05) is 0 Å². The van der Waals surface area contributed by atoms with Gasteiger partial charge in [0, 0.05) is 6.42 Å². The molecule has 0 radical (unpaired) electrons. The van der Waals surface area contributed by atoms with Crippen molar-refractivity contribution in [3.05, 3.63) is 0 Å². The first-order chi connectivity index (χ1) is 25.2. The van der Waals surface area contributed by atoms with Crippen LogP contribution in [0.1, 0.15) is 277 Å². The van der Waals surface area contributed by atoms with Crippen molar-refractivity contribution in [2.75, 3.05) is 6.61 Å². The monoisotopic (exact) mass is 722 g/mol. The number of carbonyl (C=O) groups excluding carboxylic acids is 1. The number of unbranched alkanes of at least 4 members (excludes halogenated alkanes) is 37. The lowest BCUT2D eigenvalue weighted by atomic mass is 10.0. The van der Waals surface area contributed by atoms with Crippen molar-refractivity contribution in [2.24, 2.45) is 0 Å². The molecule has 0 aromatic heterocycles. The quantitative estimate of drug-likeness (QED) is 0.0549. The van der Waals surface area contributed by atoms with E-state index in [2.05, 4.69) is 19.2 Å². The van der Waals surface area contributed by atoms with Gasteiger partial charge in [-0.1, -0.05) is 258 Å². The normalized spacial score (nSPS) is 12.8. The van der Waals surface area contributed by atoms with E-state index in [1.54, 1.807) is 0 Å². The highest BCUT2D eigenvalue weighted by Gasteiger charge is 2.20. The van der Waals surface area contributed by atoms with Crippen molar-refractivity contribution in [1.29, 1.82) is 0 Å². The lowest BCUT2D eigenvalue weighted by Gasteiger charge is -2.22. The van der Waals surface area contributed by atoms with Gasteiger partial charge in [0.05, 0.1) is 18.8 Å². The Balaban J connectivity index is 3.30. The Morgan fingerprint density at radius 3 is 0.882 bits per heavy atom. The molecule has 306 valence electrons. The van der Waals surface area contributed by atoms with E-state index in [-0.39, 0.29) is 12.5 Å². The standard InChI is InChI=1S/C47H95NO3/c1-3-5-7-9-11-12-13-14-15-16-17-18-19-20-21-22-23-24-25-26-27-28-29-30-31-32-33-34-35-37-39-41-43-47(51)48-45(44-49)46(50)42-40-38-36-10-8-6-4-2/h45-46,49-50H,3-44H2,1-2H3,(H,48,51). The average molecular weight is 722 g/mol. The molecule has 4 nitrogen and oxygen atoms in total. The molecule has 51 heavy (non-hydrogen) atoms. The fourth-order valence-corrected chi connectivity index (χ4v) is 7.72. The van der Waals surface area contributed by atoms with Crippen LogP contribution in [0.15, 0.2) is 0 Å². The number of aliphatic hydroxyl groups excluding tert-OH is 2. The predicted octanol–water partition coefficient (Wildman–Crippen LogP) is 14.9. The average Bonchev–Trinajstić information content (AvgIpc) is 3.13. The second-order valence-corrected chi connectivity index (χ2v) is 16.5. The first kappa shape index (κ1) is 50.4. The topological polar surface area (TPSA) is 69.6 Å². The second-order valence-electron chi connectivity index (χ2n) is 16.5. The zero-order valence-corrected chi connectivity index (χ0v) is 35.2. The molecular weight excluding hydrogens is 627 g/mol. The summed E-state index contributed by atoms with van der Waals surface area (Å²) >= 11 is 0. The Bertz CT molecular complexity index is 655. The minimum Gasteiger partial charge on any atom is -0.394 e. The molecule has 0 rings (SSSR count). The Morgan fingerprint density at radius 2 is 0.627 bits per heavy atom. The maximum Gasteiger partial charge on any atom is 0.220 e. The summed E-state index contributed by atoms with van der Waals surface area (Å²) in [7, 11) is 0. The lowest BCUT2D eigenvalue weighted by Crippen LogP contribution is -2.45. The summed E-state index contributed by atoms with van der Waals surface area (Å²) in [6.07, 6.45) is 53.8. The SMILES string of the molecule is CCCCCCCCCCCCCCCCCCCCCCCCCCCCCCCCCCC(=O)NC(CO)C(O)CCCCCCCCC. The lowest BCUT2D eigenvalue weighted by molar-refractivity contribution is -0.123. The summed E-state index contributed by atoms with van der Waals surface area (Å²) in [6.45, 7) is 4.34. The van der Waals surface area contributed by atoms with Crippen molar-refractivity contribution in [3.8, 4) is 0 Å². The fraction of sp³-hybridized carbons (Fsp3) is 0.979. The van der Waals surface area contributed by atoms with Crippen molar-refractivity contribution < 1.29 is 15.0 Å². The summed E-state index contributed by atoms with van der Waals surface area (Å²) in [5.41, 5.74) is 0. The van der Waals surface area contributed by atoms with Gasteiger partial charge in [-0.25, -0.2) is 0 Å². The molecule has 0 aromatic rings. The van der Waals surface area contributed by atoms with Gasteiger partial charge in [-0.05, 0) is 12.8 Å². The minimum atomic E-state index is -0.650. The summed E-state index contributed by atoms with van der Waals surface area (Å²) in [5.74, 6) is -0.0294. The van der Waals surface area contributed by atoms with Crippen LogP contribution < -0.4 is 5.32 Å². The summed E-state index contributed by atoms with van der Waals surface area (Å²) in [5, 5.41) is 22.9. The van der Waals surface area contributed by atoms with Crippen LogP contribution in [0.3, 0.4) is 0 Å². The van der Waals surface area contributed by atoms with Crippen LogP contribution in [0.4, 0.5) is 0 Å². The van der Waals surface area contributed by atoms with E-state index >= 15 is 0 Å². The highest BCUT2D eigenvalue weighted by atomic mass is 16.3. The van der Waals surface area contributed by atoms with Gasteiger partial charge in [0.1, 0.15) is 0 Å². The van der Waals surface area contributed by atoms with Gasteiger partial charge in [-0.2, -0.15) is 0 Å². The molecule has 3 N–H and O–H groups in total. The smallest absolute Gasteiger partial charge is 0.220 e. The number of hydrogen-bond acceptors (Lipinski definition) is 3. The molecule has 0 spiro atoms. The third-order valence-electron chi connectivity index (χ3n) is 11.4. The van der Waals surface area contributed by atoms with E-state index < -0.39 is 12.1 Å². The van der Waals surface area contributed by atoms with Crippen LogP contribution in [0.25, 0.3) is 0 Å². The van der Waals surface area contributed by atoms with E-state index in [0.717, 1.165) is 25.7 Å². The molecule has 4 heteroatoms. The molecule has 0 aliphatic heterocycles. The maximum absolute atomic E-state index is 12.3. The molecule has 0 saturated carbocycles. The van der Waals surface area contributed by atoms with Gasteiger partial charge in [-0.15, -0.1) is 0 Å². The molecule has 0 aliphatic rings. The van der Waals surface area contributed by atoms with Crippen LogP contribution in [0.2, 0.25) is 0 Å². The van der Waals surface area contributed by atoms with E-state index in [0.29, 0.717) is 12.8 Å². The second kappa shape index (κ2) is 43.8. The molecule has 2 unspecified atom stereocenters. The largest absolute Gasteiger partial charge is 0.394 e. The molecule has 1 amide bonds. The third kappa shape index (κ3) is 40.4. The third-order valence-corrected chi connectivity index (χ3v) is 11.4. The summed E-state index contributed by atoms with van der Waals surface area (Å²) in [4.78, 5) is 12.3. The number of hydrogen-bond donors (Lipinski definition) is 3. The van der Waals surface area contributed by atoms with E-state index in [4.69, 9.17) is 0 Å². The number of aliphatic hydroxyl groups is 2. The molecule has 0 saturated heterocycles. The number of rotatable bonds is 44. The van der Waals surface area contributed by atoms with Crippen LogP contribution in [-0.4, -0.2) is 34.9 Å². The van der Waals surface area contributed by atoms with Crippen LogP contribution >= 0.6 is 0 Å². The van der Waals surface area contributed by atoms with Crippen LogP contribution in [0, 0.1) is 0 Å². The first-order valence-corrected chi connectivity index (χ1v) is 23.7. The van der Waals surface area contributed by atoms with Crippen molar-refractivity contribution in [1.82, 2.24) is 5.32 Å². The number of amides is 1. The predicted molar refractivity (Wildman–Crippen MR) is 226 cm³/mol. The van der Waals surface area contributed by atoms with Crippen molar-refractivity contribution in [3.63, 3.8) is 0 Å². The fourth-order valence-electron chi connectivity index (χ4n) is 7.72. The molecule has 0 bridgehead atoms. The van der Waals surface area contributed by atoms with Gasteiger partial charge in [-0.3, -0.25) is 4.79 Å². The summed E-state index contributed by atoms with van der Waals surface area (Å²) < 4.78 is 0. The van der Waals surface area contributed by atoms with Crippen LogP contribution in [-0.2, 0) is 4.79 Å². The molecule has 0 heterocycles. The van der Waals surface area contributed by atoms with E-state index in [1.165, 1.54) is 225 Å². The molecular formula is C47H95NO3. The summed E-state index contributed by atoms with van der Waals surface area (Å²) in [6, 6.07) is -0.527. The maximum atomic E-state index is 12.3. The van der Waals surface area contributed by atoms with Crippen molar-refractivity contribution in [2.45, 2.75) is 289 Å². The molecule has 0 fully saturated rings. The first-order valence-electron chi connectivity index (χ1n) is 23.7. The Hall–Kier alpha value is -0.610. The molecule has 2 atom stereocenters. The highest BCUT2D eigenvalue weighted by molar-refractivity contribution is 5.76. The van der Waals surface area contributed by atoms with Gasteiger partial charge < -0.3 is 15.5 Å². The highest BCUT2D eigenvalue weighted by Crippen LogP contribution is 2.17. The number of carbonyl (C=O) groups is 1. The zero-order chi connectivity index (χ0) is 37.1. The zero-order valence-electron chi connectivity index (χ0n) is 35.2. The minimum absolute atomic E-state index is 0.0294. The van der Waals surface area contributed by atoms with Gasteiger partial charge in [0.25, 0.3) is 0 Å². The van der Waals surface area contributed by atoms with Crippen LogP contribution in [0.5, 0.6) is 0 Å².